The highest BCUT2D eigenvalue weighted by molar-refractivity contribution is 7.94. The van der Waals surface area contributed by atoms with Gasteiger partial charge in [0.1, 0.15) is 4.21 Å². The zero-order valence-corrected chi connectivity index (χ0v) is 18.8. The summed E-state index contributed by atoms with van der Waals surface area (Å²) in [5.41, 5.74) is 2.60. The van der Waals surface area contributed by atoms with Crippen LogP contribution >= 0.6 is 22.7 Å². The van der Waals surface area contributed by atoms with Crippen LogP contribution in [0.1, 0.15) is 11.8 Å². The van der Waals surface area contributed by atoms with Crippen LogP contribution in [0.2, 0.25) is 0 Å². The second-order valence-corrected chi connectivity index (χ2v) is 10.8. The van der Waals surface area contributed by atoms with Crippen molar-refractivity contribution >= 4 is 44.0 Å². The van der Waals surface area contributed by atoms with E-state index in [1.165, 1.54) is 11.3 Å². The summed E-state index contributed by atoms with van der Waals surface area (Å²) in [6.07, 6.45) is 0.806. The summed E-state index contributed by atoms with van der Waals surface area (Å²) in [5.74, 6) is 0.674. The van der Waals surface area contributed by atoms with Gasteiger partial charge in [0.15, 0.2) is 11.5 Å². The molecule has 0 aliphatic carbocycles. The van der Waals surface area contributed by atoms with Crippen LogP contribution in [-0.2, 0) is 16.4 Å². The number of thiophene rings is 2. The minimum Gasteiger partial charge on any atom is -0.279 e. The molecule has 1 N–H and O–H groups in total. The Morgan fingerprint density at radius 3 is 2.71 bits per heavy atom. The van der Waals surface area contributed by atoms with E-state index in [1.54, 1.807) is 40.1 Å². The second-order valence-electron chi connectivity index (χ2n) is 6.75. The third kappa shape index (κ3) is 3.85. The molecular formula is C21H17N5O2S3. The monoisotopic (exact) mass is 467 g/mol. The van der Waals surface area contributed by atoms with Gasteiger partial charge in [-0.25, -0.2) is 8.42 Å². The van der Waals surface area contributed by atoms with Crippen LogP contribution < -0.4 is 4.72 Å². The molecule has 156 valence electrons. The Kier molecular flexibility index (Phi) is 5.05. The van der Waals surface area contributed by atoms with Crippen molar-refractivity contribution in [2.45, 2.75) is 17.6 Å². The largest absolute Gasteiger partial charge is 0.279 e. The SMILES string of the molecule is CCc1ccc(S(=O)(=O)Nc2cccc(-c3ccc4nnc(-c5cccs5)n4n3)c2)s1. The van der Waals surface area contributed by atoms with Gasteiger partial charge in [-0.05, 0) is 54.3 Å². The van der Waals surface area contributed by atoms with E-state index < -0.39 is 10.0 Å². The van der Waals surface area contributed by atoms with Crippen LogP contribution in [0.25, 0.3) is 27.6 Å². The summed E-state index contributed by atoms with van der Waals surface area (Å²) >= 11 is 2.85. The van der Waals surface area contributed by atoms with Crippen molar-refractivity contribution in [3.05, 3.63) is 70.9 Å². The molecule has 31 heavy (non-hydrogen) atoms. The van der Waals surface area contributed by atoms with Gasteiger partial charge >= 0.3 is 0 Å². The second kappa shape index (κ2) is 7.88. The molecule has 0 saturated heterocycles. The number of aryl methyl sites for hydroxylation is 1. The maximum absolute atomic E-state index is 12.8. The molecule has 0 saturated carbocycles. The topological polar surface area (TPSA) is 89.2 Å². The Balaban J connectivity index is 1.49. The number of sulfonamides is 1. The van der Waals surface area contributed by atoms with E-state index in [9.17, 15) is 8.42 Å². The molecule has 4 aromatic heterocycles. The van der Waals surface area contributed by atoms with Gasteiger partial charge in [0.05, 0.1) is 10.6 Å². The number of nitrogens with one attached hydrogen (secondary N) is 1. The number of rotatable bonds is 6. The first-order chi connectivity index (χ1) is 15.0. The maximum Gasteiger partial charge on any atom is 0.271 e. The third-order valence-electron chi connectivity index (χ3n) is 4.67. The zero-order valence-electron chi connectivity index (χ0n) is 16.4. The summed E-state index contributed by atoms with van der Waals surface area (Å²) in [4.78, 5) is 2.00. The summed E-state index contributed by atoms with van der Waals surface area (Å²) in [5, 5.41) is 15.1. The summed E-state index contributed by atoms with van der Waals surface area (Å²) < 4.78 is 30.2. The first-order valence-corrected chi connectivity index (χ1v) is 12.7. The van der Waals surface area contributed by atoms with Crippen LogP contribution in [0.5, 0.6) is 0 Å². The molecule has 0 aliphatic rings. The Morgan fingerprint density at radius 1 is 1.03 bits per heavy atom. The first kappa shape index (κ1) is 19.9. The molecule has 0 fully saturated rings. The van der Waals surface area contributed by atoms with Gasteiger partial charge in [0.25, 0.3) is 10.0 Å². The first-order valence-electron chi connectivity index (χ1n) is 9.52. The lowest BCUT2D eigenvalue weighted by Gasteiger charge is -2.08. The van der Waals surface area contributed by atoms with E-state index in [2.05, 4.69) is 14.9 Å². The van der Waals surface area contributed by atoms with Crippen LogP contribution in [-0.4, -0.2) is 28.2 Å². The fourth-order valence-electron chi connectivity index (χ4n) is 3.14. The molecule has 1 aromatic carbocycles. The van der Waals surface area contributed by atoms with E-state index >= 15 is 0 Å². The Hall–Kier alpha value is -3.08. The van der Waals surface area contributed by atoms with Gasteiger partial charge in [-0.1, -0.05) is 25.1 Å². The molecule has 7 nitrogen and oxygen atoms in total. The van der Waals surface area contributed by atoms with Gasteiger partial charge in [-0.2, -0.15) is 9.61 Å². The highest BCUT2D eigenvalue weighted by Gasteiger charge is 2.17. The number of nitrogens with zero attached hydrogens (tertiary/aromatic N) is 4. The molecule has 0 amide bonds. The van der Waals surface area contributed by atoms with Gasteiger partial charge in [-0.3, -0.25) is 4.72 Å². The standard InChI is InChI=1S/C21H17N5O2S3/c1-2-16-8-11-20(30-16)31(27,28)25-15-6-3-5-14(13-15)17-9-10-19-22-23-21(26(19)24-17)18-7-4-12-29-18/h3-13,25H,2H2,1H3. The van der Waals surface area contributed by atoms with Crippen molar-refractivity contribution in [1.82, 2.24) is 19.8 Å². The predicted molar refractivity (Wildman–Crippen MR) is 124 cm³/mol. The molecule has 10 heteroatoms. The number of aromatic nitrogens is 4. The van der Waals surface area contributed by atoms with Crippen molar-refractivity contribution < 1.29 is 8.42 Å². The molecule has 0 atom stereocenters. The average molecular weight is 468 g/mol. The van der Waals surface area contributed by atoms with Crippen LogP contribution in [0.4, 0.5) is 5.69 Å². The van der Waals surface area contributed by atoms with Crippen molar-refractivity contribution in [1.29, 1.82) is 0 Å². The molecule has 0 aliphatic heterocycles. The summed E-state index contributed by atoms with van der Waals surface area (Å²) in [7, 11) is -3.64. The molecule has 0 unspecified atom stereocenters. The Labute approximate surface area is 187 Å². The summed E-state index contributed by atoms with van der Waals surface area (Å²) in [6, 6.07) is 18.3. The van der Waals surface area contributed by atoms with E-state index in [4.69, 9.17) is 5.10 Å². The average Bonchev–Trinajstić information content (AvgIpc) is 3.53. The highest BCUT2D eigenvalue weighted by Crippen LogP contribution is 2.28. The van der Waals surface area contributed by atoms with E-state index in [0.717, 1.165) is 21.7 Å². The van der Waals surface area contributed by atoms with Gasteiger partial charge in [0.2, 0.25) is 0 Å². The highest BCUT2D eigenvalue weighted by atomic mass is 32.2. The van der Waals surface area contributed by atoms with Crippen LogP contribution in [0.15, 0.2) is 70.3 Å². The molecule has 4 heterocycles. The fraction of sp³-hybridized carbons (Fsp3) is 0.0952. The molecular weight excluding hydrogens is 450 g/mol. The number of fused-ring (bicyclic) bond motifs is 1. The minimum absolute atomic E-state index is 0.305. The van der Waals surface area contributed by atoms with E-state index in [-0.39, 0.29) is 0 Å². The van der Waals surface area contributed by atoms with Gasteiger partial charge < -0.3 is 0 Å². The molecule has 0 radical (unpaired) electrons. The smallest absolute Gasteiger partial charge is 0.271 e. The normalized spacial score (nSPS) is 11.8. The zero-order chi connectivity index (χ0) is 21.4. The predicted octanol–water partition coefficient (Wildman–Crippen LogP) is 4.94. The number of hydrogen-bond donors (Lipinski definition) is 1. The summed E-state index contributed by atoms with van der Waals surface area (Å²) in [6.45, 7) is 2.00. The Bertz CT molecular complexity index is 1470. The maximum atomic E-state index is 12.8. The minimum atomic E-state index is -3.64. The van der Waals surface area contributed by atoms with Crippen molar-refractivity contribution in [3.8, 4) is 22.0 Å². The molecule has 0 bridgehead atoms. The van der Waals surface area contributed by atoms with Gasteiger partial charge in [0, 0.05) is 16.1 Å². The Morgan fingerprint density at radius 2 is 1.94 bits per heavy atom. The number of benzene rings is 1. The van der Waals surface area contributed by atoms with E-state index in [0.29, 0.717) is 27.1 Å². The van der Waals surface area contributed by atoms with Crippen molar-refractivity contribution in [3.63, 3.8) is 0 Å². The quantitative estimate of drug-likeness (QED) is 0.382. The third-order valence-corrected chi connectivity index (χ3v) is 8.63. The lowest BCUT2D eigenvalue weighted by Crippen LogP contribution is -2.11. The van der Waals surface area contributed by atoms with E-state index in [1.807, 2.05) is 48.7 Å². The molecule has 5 rings (SSSR count). The fourth-order valence-corrected chi connectivity index (χ4v) is 6.18. The van der Waals surface area contributed by atoms with Crippen LogP contribution in [0.3, 0.4) is 0 Å². The van der Waals surface area contributed by atoms with Crippen molar-refractivity contribution in [2.75, 3.05) is 4.72 Å². The van der Waals surface area contributed by atoms with Crippen LogP contribution in [0, 0.1) is 0 Å². The number of hydrogen-bond acceptors (Lipinski definition) is 7. The van der Waals surface area contributed by atoms with Gasteiger partial charge in [-0.15, -0.1) is 32.9 Å². The molecule has 0 spiro atoms. The number of anilines is 1. The molecule has 5 aromatic rings. The lowest BCUT2D eigenvalue weighted by atomic mass is 10.1. The lowest BCUT2D eigenvalue weighted by molar-refractivity contribution is 0.603. The van der Waals surface area contributed by atoms with Crippen molar-refractivity contribution in [2.24, 2.45) is 0 Å².